The summed E-state index contributed by atoms with van der Waals surface area (Å²) in [6, 6.07) is 11.1. The molecule has 0 heteroatoms. The molecule has 1 saturated carbocycles. The highest BCUT2D eigenvalue weighted by Crippen LogP contribution is 2.58. The zero-order valence-electron chi connectivity index (χ0n) is 11.2. The standard InChI is InChI=1S/C17H22/c1-12-13(2)17(3,14-8-5-4-6-9-14)16-11-7-10-15(12)16/h4-6,8-9,15-16H,7,10-11H2,1-3H3/t15-,16-,17-/m1/s1. The molecular weight excluding hydrogens is 204 g/mol. The van der Waals surface area contributed by atoms with E-state index in [1.807, 2.05) is 0 Å². The minimum absolute atomic E-state index is 0.298. The number of hydrogen-bond acceptors (Lipinski definition) is 0. The predicted octanol–water partition coefficient (Wildman–Crippen LogP) is 4.71. The minimum Gasteiger partial charge on any atom is -0.0701 e. The first kappa shape index (κ1) is 11.1. The molecule has 0 radical (unpaired) electrons. The highest BCUT2D eigenvalue weighted by molar-refractivity contribution is 5.44. The number of benzene rings is 1. The smallest absolute Gasteiger partial charge is 0.0167 e. The first-order valence-electron chi connectivity index (χ1n) is 6.89. The fraction of sp³-hybridized carbons (Fsp3) is 0.529. The highest BCUT2D eigenvalue weighted by Gasteiger charge is 2.50. The largest absolute Gasteiger partial charge is 0.0701 e. The molecule has 3 rings (SSSR count). The van der Waals surface area contributed by atoms with Gasteiger partial charge in [-0.2, -0.15) is 0 Å². The number of allylic oxidation sites excluding steroid dienone is 2. The third kappa shape index (κ3) is 1.36. The van der Waals surface area contributed by atoms with Crippen LogP contribution < -0.4 is 0 Å². The maximum atomic E-state index is 2.47. The van der Waals surface area contributed by atoms with Crippen molar-refractivity contribution in [2.45, 2.75) is 45.4 Å². The van der Waals surface area contributed by atoms with Crippen LogP contribution in [0.15, 0.2) is 41.5 Å². The van der Waals surface area contributed by atoms with Crippen LogP contribution in [0.1, 0.15) is 45.6 Å². The molecule has 3 atom stereocenters. The van der Waals surface area contributed by atoms with Crippen LogP contribution in [0.4, 0.5) is 0 Å². The second kappa shape index (κ2) is 3.73. The Hall–Kier alpha value is -1.04. The van der Waals surface area contributed by atoms with Crippen LogP contribution in [0.2, 0.25) is 0 Å². The van der Waals surface area contributed by atoms with Gasteiger partial charge in [0, 0.05) is 5.41 Å². The summed E-state index contributed by atoms with van der Waals surface area (Å²) in [7, 11) is 0. The van der Waals surface area contributed by atoms with E-state index in [9.17, 15) is 0 Å². The zero-order valence-corrected chi connectivity index (χ0v) is 11.2. The lowest BCUT2D eigenvalue weighted by atomic mass is 9.69. The number of fused-ring (bicyclic) bond motifs is 1. The van der Waals surface area contributed by atoms with E-state index in [4.69, 9.17) is 0 Å². The van der Waals surface area contributed by atoms with Crippen LogP contribution in [-0.2, 0) is 5.41 Å². The summed E-state index contributed by atoms with van der Waals surface area (Å²) in [5.41, 5.74) is 5.13. The molecule has 17 heavy (non-hydrogen) atoms. The van der Waals surface area contributed by atoms with Crippen molar-refractivity contribution < 1.29 is 0 Å². The van der Waals surface area contributed by atoms with Gasteiger partial charge in [0.1, 0.15) is 0 Å². The van der Waals surface area contributed by atoms with Crippen molar-refractivity contribution in [1.82, 2.24) is 0 Å². The predicted molar refractivity (Wildman–Crippen MR) is 73.0 cm³/mol. The van der Waals surface area contributed by atoms with Gasteiger partial charge in [0.05, 0.1) is 0 Å². The third-order valence-electron chi connectivity index (χ3n) is 5.56. The molecule has 0 bridgehead atoms. The van der Waals surface area contributed by atoms with E-state index >= 15 is 0 Å². The van der Waals surface area contributed by atoms with Gasteiger partial charge in [0.25, 0.3) is 0 Å². The van der Waals surface area contributed by atoms with E-state index in [0.717, 1.165) is 11.8 Å². The van der Waals surface area contributed by atoms with Gasteiger partial charge in [-0.1, -0.05) is 54.8 Å². The topological polar surface area (TPSA) is 0 Å². The van der Waals surface area contributed by atoms with Crippen molar-refractivity contribution in [3.63, 3.8) is 0 Å². The molecule has 0 amide bonds. The maximum Gasteiger partial charge on any atom is 0.0167 e. The molecule has 2 aliphatic rings. The van der Waals surface area contributed by atoms with Crippen LogP contribution in [0, 0.1) is 11.8 Å². The lowest BCUT2D eigenvalue weighted by molar-refractivity contribution is 0.330. The summed E-state index contributed by atoms with van der Waals surface area (Å²) in [6.45, 7) is 7.20. The fourth-order valence-electron chi connectivity index (χ4n) is 4.35. The summed E-state index contributed by atoms with van der Waals surface area (Å²) in [6.07, 6.45) is 4.24. The summed E-state index contributed by atoms with van der Waals surface area (Å²) in [5, 5.41) is 0. The Morgan fingerprint density at radius 3 is 2.47 bits per heavy atom. The number of rotatable bonds is 1. The molecule has 0 saturated heterocycles. The van der Waals surface area contributed by atoms with Crippen molar-refractivity contribution in [3.8, 4) is 0 Å². The lowest BCUT2D eigenvalue weighted by Gasteiger charge is -2.34. The SMILES string of the molecule is CC1=C(C)[C@](C)(c2ccccc2)[C@@H]2CCC[C@H]12. The van der Waals surface area contributed by atoms with Gasteiger partial charge in [0.2, 0.25) is 0 Å². The molecule has 0 spiro atoms. The van der Waals surface area contributed by atoms with E-state index in [-0.39, 0.29) is 0 Å². The molecule has 0 aliphatic heterocycles. The van der Waals surface area contributed by atoms with E-state index < -0.39 is 0 Å². The first-order valence-corrected chi connectivity index (χ1v) is 6.89. The van der Waals surface area contributed by atoms with Crippen molar-refractivity contribution in [2.75, 3.05) is 0 Å². The minimum atomic E-state index is 0.298. The Balaban J connectivity index is 2.13. The van der Waals surface area contributed by atoms with Crippen LogP contribution in [0.3, 0.4) is 0 Å². The van der Waals surface area contributed by atoms with Gasteiger partial charge in [-0.25, -0.2) is 0 Å². The summed E-state index contributed by atoms with van der Waals surface area (Å²) in [4.78, 5) is 0. The zero-order chi connectivity index (χ0) is 12.0. The first-order chi connectivity index (χ1) is 8.15. The molecular formula is C17H22. The van der Waals surface area contributed by atoms with Crippen LogP contribution in [-0.4, -0.2) is 0 Å². The third-order valence-corrected chi connectivity index (χ3v) is 5.56. The monoisotopic (exact) mass is 226 g/mol. The quantitative estimate of drug-likeness (QED) is 0.608. The molecule has 1 fully saturated rings. The van der Waals surface area contributed by atoms with Gasteiger partial charge < -0.3 is 0 Å². The van der Waals surface area contributed by atoms with Crippen molar-refractivity contribution in [2.24, 2.45) is 11.8 Å². The molecule has 0 N–H and O–H groups in total. The van der Waals surface area contributed by atoms with Gasteiger partial charge >= 0.3 is 0 Å². The summed E-state index contributed by atoms with van der Waals surface area (Å²) in [5.74, 6) is 1.71. The van der Waals surface area contributed by atoms with Gasteiger partial charge in [0.15, 0.2) is 0 Å². The number of hydrogen-bond donors (Lipinski definition) is 0. The summed E-state index contributed by atoms with van der Waals surface area (Å²) >= 11 is 0. The molecule has 0 heterocycles. The molecule has 0 nitrogen and oxygen atoms in total. The van der Waals surface area contributed by atoms with Gasteiger partial charge in [-0.05, 0) is 44.1 Å². The average molecular weight is 226 g/mol. The van der Waals surface area contributed by atoms with Crippen molar-refractivity contribution >= 4 is 0 Å². The normalized spacial score (nSPS) is 36.4. The Labute approximate surface area is 105 Å². The molecule has 90 valence electrons. The molecule has 1 aromatic carbocycles. The molecule has 0 aromatic heterocycles. The van der Waals surface area contributed by atoms with E-state index in [2.05, 4.69) is 51.1 Å². The van der Waals surface area contributed by atoms with Crippen LogP contribution in [0.25, 0.3) is 0 Å². The summed E-state index contributed by atoms with van der Waals surface area (Å²) < 4.78 is 0. The second-order valence-electron chi connectivity index (χ2n) is 6.02. The Kier molecular flexibility index (Phi) is 2.43. The second-order valence-corrected chi connectivity index (χ2v) is 6.02. The van der Waals surface area contributed by atoms with E-state index in [1.165, 1.54) is 24.8 Å². The molecule has 0 unspecified atom stereocenters. The van der Waals surface area contributed by atoms with E-state index in [1.54, 1.807) is 11.1 Å². The fourth-order valence-corrected chi connectivity index (χ4v) is 4.35. The van der Waals surface area contributed by atoms with Crippen molar-refractivity contribution in [1.29, 1.82) is 0 Å². The Bertz CT molecular complexity index is 454. The van der Waals surface area contributed by atoms with E-state index in [0.29, 0.717) is 5.41 Å². The lowest BCUT2D eigenvalue weighted by Crippen LogP contribution is -2.30. The molecule has 2 aliphatic carbocycles. The molecule has 1 aromatic rings. The average Bonchev–Trinajstić information content (AvgIpc) is 2.92. The maximum absolute atomic E-state index is 2.47. The highest BCUT2D eigenvalue weighted by atomic mass is 14.5. The van der Waals surface area contributed by atoms with Gasteiger partial charge in [-0.3, -0.25) is 0 Å². The Morgan fingerprint density at radius 2 is 1.76 bits per heavy atom. The van der Waals surface area contributed by atoms with Crippen LogP contribution >= 0.6 is 0 Å². The van der Waals surface area contributed by atoms with Crippen LogP contribution in [0.5, 0.6) is 0 Å². The van der Waals surface area contributed by atoms with Gasteiger partial charge in [-0.15, -0.1) is 0 Å². The van der Waals surface area contributed by atoms with Crippen molar-refractivity contribution in [3.05, 3.63) is 47.0 Å². The Morgan fingerprint density at radius 1 is 1.06 bits per heavy atom.